The molecular formula is C14H19ClN2O2. The number of hydrogen-bond acceptors (Lipinski definition) is 3. The molecule has 0 radical (unpaired) electrons. The maximum Gasteiger partial charge on any atom is 0.275 e. The van der Waals surface area contributed by atoms with Gasteiger partial charge < -0.3 is 5.32 Å². The number of hydrogen-bond donors (Lipinski definition) is 1. The Bertz CT molecular complexity index is 445. The largest absolute Gasteiger partial charge is 0.312 e. The standard InChI is InChI=1S/C14H19ClN2O2/c15-13-7-6-12(14(8-13)17(18)19)10-16-9-11-4-2-1-3-5-11/h6-8,11,16H,1-5,9-10H2. The molecule has 1 N–H and O–H groups in total. The summed E-state index contributed by atoms with van der Waals surface area (Å²) in [6, 6.07) is 4.85. The topological polar surface area (TPSA) is 55.2 Å². The van der Waals surface area contributed by atoms with Crippen LogP contribution in [0, 0.1) is 16.0 Å². The molecule has 1 fully saturated rings. The third-order valence-electron chi connectivity index (χ3n) is 3.72. The summed E-state index contributed by atoms with van der Waals surface area (Å²) in [5, 5.41) is 14.7. The summed E-state index contributed by atoms with van der Waals surface area (Å²) in [7, 11) is 0. The van der Waals surface area contributed by atoms with E-state index in [1.165, 1.54) is 38.2 Å². The van der Waals surface area contributed by atoms with Crippen LogP contribution in [0.15, 0.2) is 18.2 Å². The molecule has 0 spiro atoms. The number of nitrogens with zero attached hydrogens (tertiary/aromatic N) is 1. The van der Waals surface area contributed by atoms with Crippen LogP contribution in [-0.2, 0) is 6.54 Å². The van der Waals surface area contributed by atoms with Crippen LogP contribution in [0.25, 0.3) is 0 Å². The van der Waals surface area contributed by atoms with Crippen molar-refractivity contribution in [2.75, 3.05) is 6.54 Å². The molecule has 0 bridgehead atoms. The van der Waals surface area contributed by atoms with E-state index in [9.17, 15) is 10.1 Å². The van der Waals surface area contributed by atoms with Crippen molar-refractivity contribution in [3.05, 3.63) is 38.9 Å². The van der Waals surface area contributed by atoms with Crippen LogP contribution < -0.4 is 5.32 Å². The van der Waals surface area contributed by atoms with Crippen molar-refractivity contribution in [2.45, 2.75) is 38.6 Å². The van der Waals surface area contributed by atoms with Gasteiger partial charge >= 0.3 is 0 Å². The molecule has 0 saturated heterocycles. The van der Waals surface area contributed by atoms with Gasteiger partial charge in [0, 0.05) is 23.2 Å². The Morgan fingerprint density at radius 3 is 2.74 bits per heavy atom. The SMILES string of the molecule is O=[N+]([O-])c1cc(Cl)ccc1CNCC1CCCCC1. The third-order valence-corrected chi connectivity index (χ3v) is 3.95. The number of rotatable bonds is 5. The second-order valence-corrected chi connectivity index (χ2v) is 5.60. The van der Waals surface area contributed by atoms with Crippen LogP contribution >= 0.6 is 11.6 Å². The molecule has 2 rings (SSSR count). The summed E-state index contributed by atoms with van der Waals surface area (Å²) < 4.78 is 0. The van der Waals surface area contributed by atoms with Gasteiger partial charge in [0.25, 0.3) is 5.69 Å². The van der Waals surface area contributed by atoms with Crippen molar-refractivity contribution < 1.29 is 4.92 Å². The van der Waals surface area contributed by atoms with E-state index in [0.717, 1.165) is 12.5 Å². The van der Waals surface area contributed by atoms with Crippen molar-refractivity contribution in [3.63, 3.8) is 0 Å². The zero-order valence-electron chi connectivity index (χ0n) is 10.9. The number of nitro groups is 1. The van der Waals surface area contributed by atoms with E-state index >= 15 is 0 Å². The summed E-state index contributed by atoms with van der Waals surface area (Å²) in [5.74, 6) is 0.722. The minimum atomic E-state index is -0.372. The second-order valence-electron chi connectivity index (χ2n) is 5.17. The highest BCUT2D eigenvalue weighted by molar-refractivity contribution is 6.30. The molecule has 0 atom stereocenters. The molecule has 5 heteroatoms. The predicted octanol–water partition coefficient (Wildman–Crippen LogP) is 3.92. The van der Waals surface area contributed by atoms with E-state index in [1.807, 2.05) is 0 Å². The maximum atomic E-state index is 11.0. The molecule has 0 unspecified atom stereocenters. The minimum absolute atomic E-state index is 0.101. The fraction of sp³-hybridized carbons (Fsp3) is 0.571. The van der Waals surface area contributed by atoms with Gasteiger partial charge in [0.1, 0.15) is 0 Å². The lowest BCUT2D eigenvalue weighted by molar-refractivity contribution is -0.385. The number of halogens is 1. The summed E-state index contributed by atoms with van der Waals surface area (Å²) in [4.78, 5) is 10.6. The molecule has 1 aliphatic rings. The molecule has 4 nitrogen and oxygen atoms in total. The average molecular weight is 283 g/mol. The zero-order valence-corrected chi connectivity index (χ0v) is 11.7. The van der Waals surface area contributed by atoms with Crippen LogP contribution in [0.2, 0.25) is 5.02 Å². The minimum Gasteiger partial charge on any atom is -0.312 e. The molecule has 1 aromatic carbocycles. The van der Waals surface area contributed by atoms with E-state index < -0.39 is 0 Å². The van der Waals surface area contributed by atoms with Crippen molar-refractivity contribution in [3.8, 4) is 0 Å². The molecule has 104 valence electrons. The molecule has 19 heavy (non-hydrogen) atoms. The average Bonchev–Trinajstić information content (AvgIpc) is 2.41. The molecule has 1 aromatic rings. The molecule has 0 aliphatic heterocycles. The zero-order chi connectivity index (χ0) is 13.7. The Kier molecular flexibility index (Phi) is 5.16. The highest BCUT2D eigenvalue weighted by Gasteiger charge is 2.16. The van der Waals surface area contributed by atoms with E-state index in [0.29, 0.717) is 17.1 Å². The van der Waals surface area contributed by atoms with Crippen molar-refractivity contribution in [1.29, 1.82) is 0 Å². The Morgan fingerprint density at radius 2 is 2.05 bits per heavy atom. The Balaban J connectivity index is 1.89. The molecule has 0 aromatic heterocycles. The van der Waals surface area contributed by atoms with E-state index in [2.05, 4.69) is 5.32 Å². The van der Waals surface area contributed by atoms with Crippen LogP contribution in [0.1, 0.15) is 37.7 Å². The lowest BCUT2D eigenvalue weighted by atomic mass is 9.89. The van der Waals surface area contributed by atoms with Crippen LogP contribution in [0.3, 0.4) is 0 Å². The fourth-order valence-corrected chi connectivity index (χ4v) is 2.83. The molecule has 0 heterocycles. The highest BCUT2D eigenvalue weighted by Crippen LogP contribution is 2.25. The molecular weight excluding hydrogens is 264 g/mol. The van der Waals surface area contributed by atoms with Crippen LogP contribution in [-0.4, -0.2) is 11.5 Å². The van der Waals surface area contributed by atoms with Gasteiger partial charge in [-0.1, -0.05) is 30.9 Å². The molecule has 1 saturated carbocycles. The first-order valence-corrected chi connectivity index (χ1v) is 7.18. The van der Waals surface area contributed by atoms with E-state index in [4.69, 9.17) is 11.6 Å². The Hall–Kier alpha value is -1.13. The number of benzene rings is 1. The molecule has 1 aliphatic carbocycles. The van der Waals surface area contributed by atoms with Gasteiger partial charge in [-0.05, 0) is 37.4 Å². The van der Waals surface area contributed by atoms with Crippen LogP contribution in [0.5, 0.6) is 0 Å². The van der Waals surface area contributed by atoms with Gasteiger partial charge in [-0.25, -0.2) is 0 Å². The monoisotopic (exact) mass is 282 g/mol. The summed E-state index contributed by atoms with van der Waals surface area (Å²) in [6.07, 6.45) is 6.52. The third kappa shape index (κ3) is 4.18. The Labute approximate surface area is 118 Å². The van der Waals surface area contributed by atoms with Crippen LogP contribution in [0.4, 0.5) is 5.69 Å². The molecule has 0 amide bonds. The maximum absolute atomic E-state index is 11.0. The highest BCUT2D eigenvalue weighted by atomic mass is 35.5. The van der Waals surface area contributed by atoms with E-state index in [1.54, 1.807) is 12.1 Å². The first-order chi connectivity index (χ1) is 9.16. The van der Waals surface area contributed by atoms with Gasteiger partial charge in [-0.2, -0.15) is 0 Å². The van der Waals surface area contributed by atoms with Gasteiger partial charge in [0.05, 0.1) is 4.92 Å². The first-order valence-electron chi connectivity index (χ1n) is 6.80. The number of nitrogens with one attached hydrogen (secondary N) is 1. The first kappa shape index (κ1) is 14.3. The normalized spacial score (nSPS) is 16.5. The second kappa shape index (κ2) is 6.87. The van der Waals surface area contributed by atoms with Crippen molar-refractivity contribution in [2.24, 2.45) is 5.92 Å². The van der Waals surface area contributed by atoms with Crippen molar-refractivity contribution >= 4 is 17.3 Å². The van der Waals surface area contributed by atoms with Gasteiger partial charge in [0.15, 0.2) is 0 Å². The van der Waals surface area contributed by atoms with Gasteiger partial charge in [0.2, 0.25) is 0 Å². The lowest BCUT2D eigenvalue weighted by Crippen LogP contribution is -2.24. The summed E-state index contributed by atoms with van der Waals surface area (Å²) in [5.41, 5.74) is 0.800. The van der Waals surface area contributed by atoms with Crippen molar-refractivity contribution in [1.82, 2.24) is 5.32 Å². The smallest absolute Gasteiger partial charge is 0.275 e. The Morgan fingerprint density at radius 1 is 1.32 bits per heavy atom. The van der Waals surface area contributed by atoms with Gasteiger partial charge in [-0.15, -0.1) is 0 Å². The predicted molar refractivity (Wildman–Crippen MR) is 76.4 cm³/mol. The summed E-state index contributed by atoms with van der Waals surface area (Å²) >= 11 is 5.79. The number of nitro benzene ring substituents is 1. The quantitative estimate of drug-likeness (QED) is 0.658. The fourth-order valence-electron chi connectivity index (χ4n) is 2.66. The van der Waals surface area contributed by atoms with E-state index in [-0.39, 0.29) is 10.6 Å². The summed E-state index contributed by atoms with van der Waals surface area (Å²) in [6.45, 7) is 1.48. The lowest BCUT2D eigenvalue weighted by Gasteiger charge is -2.21. The van der Waals surface area contributed by atoms with Gasteiger partial charge in [-0.3, -0.25) is 10.1 Å².